The lowest BCUT2D eigenvalue weighted by molar-refractivity contribution is 0.425. The molecule has 1 aromatic carbocycles. The summed E-state index contributed by atoms with van der Waals surface area (Å²) in [5.74, 6) is -0.302. The number of pyridine rings is 3. The summed E-state index contributed by atoms with van der Waals surface area (Å²) in [6, 6.07) is 14.8. The van der Waals surface area contributed by atoms with Crippen LogP contribution in [0.1, 0.15) is 0 Å². The monoisotopic (exact) mass is 492 g/mol. The molecule has 5 aromatic heterocycles. The number of nitrogens with one attached hydrogen (secondary N) is 3. The van der Waals surface area contributed by atoms with Crippen LogP contribution in [0, 0.1) is 5.82 Å². The standard InChI is InChI=1S/C28H25FN8/c1-37(2)8-7-31-20-10-17(9-19(29)12-20)23-15-30-16-26-21(23)13-25(34-26)27-22-11-18(14-33-28(22)36-35-27)24-5-3-4-6-32-24/h3-6,9-16,31,34H,7-8H2,1-2H3,(H,33,35,36). The van der Waals surface area contributed by atoms with Crippen LogP contribution < -0.4 is 5.32 Å². The molecule has 0 aliphatic carbocycles. The fraction of sp³-hybridized carbons (Fsp3) is 0.143. The van der Waals surface area contributed by atoms with Crippen molar-refractivity contribution in [1.29, 1.82) is 0 Å². The number of hydrogen-bond acceptors (Lipinski definition) is 6. The molecule has 0 radical (unpaired) electrons. The highest BCUT2D eigenvalue weighted by Crippen LogP contribution is 2.35. The molecular formula is C28H25FN8. The van der Waals surface area contributed by atoms with Gasteiger partial charge in [-0.05, 0) is 62.1 Å². The molecule has 0 bridgehead atoms. The lowest BCUT2D eigenvalue weighted by Gasteiger charge is -2.13. The highest BCUT2D eigenvalue weighted by atomic mass is 19.1. The Bertz CT molecular complexity index is 1700. The zero-order chi connectivity index (χ0) is 25.4. The van der Waals surface area contributed by atoms with Crippen LogP contribution in [0.5, 0.6) is 0 Å². The number of H-pyrrole nitrogens is 2. The van der Waals surface area contributed by atoms with Gasteiger partial charge in [-0.2, -0.15) is 5.10 Å². The molecule has 0 spiro atoms. The van der Waals surface area contributed by atoms with Crippen molar-refractivity contribution in [3.05, 3.63) is 79.1 Å². The highest BCUT2D eigenvalue weighted by Gasteiger charge is 2.16. The number of hydrogen-bond donors (Lipinski definition) is 3. The lowest BCUT2D eigenvalue weighted by Crippen LogP contribution is -2.20. The van der Waals surface area contributed by atoms with Crippen molar-refractivity contribution in [3.8, 4) is 33.8 Å². The first-order valence-electron chi connectivity index (χ1n) is 12.0. The average Bonchev–Trinajstić information content (AvgIpc) is 3.52. The number of halogens is 1. The zero-order valence-electron chi connectivity index (χ0n) is 20.5. The predicted octanol–water partition coefficient (Wildman–Crippen LogP) is 5.34. The van der Waals surface area contributed by atoms with Crippen molar-refractivity contribution in [2.45, 2.75) is 0 Å². The van der Waals surface area contributed by atoms with Gasteiger partial charge in [-0.1, -0.05) is 6.07 Å². The molecule has 184 valence electrons. The maximum absolute atomic E-state index is 14.6. The van der Waals surface area contributed by atoms with Gasteiger partial charge >= 0.3 is 0 Å². The summed E-state index contributed by atoms with van der Waals surface area (Å²) >= 11 is 0. The molecule has 3 N–H and O–H groups in total. The van der Waals surface area contributed by atoms with Crippen LogP contribution in [0.25, 0.3) is 55.7 Å². The summed E-state index contributed by atoms with van der Waals surface area (Å²) in [6.45, 7) is 1.56. The number of rotatable bonds is 7. The number of benzene rings is 1. The van der Waals surface area contributed by atoms with E-state index in [1.54, 1.807) is 24.8 Å². The third kappa shape index (κ3) is 4.52. The van der Waals surface area contributed by atoms with E-state index in [0.717, 1.165) is 62.3 Å². The van der Waals surface area contributed by atoms with Crippen LogP contribution in [0.15, 0.2) is 73.3 Å². The van der Waals surface area contributed by atoms with Crippen molar-refractivity contribution >= 4 is 27.6 Å². The van der Waals surface area contributed by atoms with Crippen LogP contribution in [0.2, 0.25) is 0 Å². The number of nitrogens with zero attached hydrogens (tertiary/aromatic N) is 5. The zero-order valence-corrected chi connectivity index (χ0v) is 20.5. The molecule has 0 aliphatic rings. The second-order valence-corrected chi connectivity index (χ2v) is 9.20. The van der Waals surface area contributed by atoms with Gasteiger partial charge in [0.1, 0.15) is 11.5 Å². The van der Waals surface area contributed by atoms with E-state index in [1.165, 1.54) is 12.1 Å². The molecule has 0 aliphatic heterocycles. The van der Waals surface area contributed by atoms with Gasteiger partial charge in [-0.25, -0.2) is 9.37 Å². The Morgan fingerprint density at radius 1 is 0.946 bits per heavy atom. The summed E-state index contributed by atoms with van der Waals surface area (Å²) in [4.78, 5) is 18.9. The molecule has 37 heavy (non-hydrogen) atoms. The minimum Gasteiger partial charge on any atom is -0.384 e. The summed E-state index contributed by atoms with van der Waals surface area (Å²) < 4.78 is 14.6. The molecule has 6 rings (SSSR count). The molecule has 0 saturated heterocycles. The van der Waals surface area contributed by atoms with Crippen LogP contribution in [0.3, 0.4) is 0 Å². The molecule has 0 saturated carbocycles. The molecule has 9 heteroatoms. The van der Waals surface area contributed by atoms with E-state index in [1.807, 2.05) is 50.5 Å². The lowest BCUT2D eigenvalue weighted by atomic mass is 10.0. The van der Waals surface area contributed by atoms with E-state index in [4.69, 9.17) is 0 Å². The Kier molecular flexibility index (Phi) is 5.82. The van der Waals surface area contributed by atoms with Crippen molar-refractivity contribution in [2.24, 2.45) is 0 Å². The van der Waals surface area contributed by atoms with Gasteiger partial charge in [0.15, 0.2) is 5.65 Å². The largest absolute Gasteiger partial charge is 0.384 e. The fourth-order valence-corrected chi connectivity index (χ4v) is 4.46. The van der Waals surface area contributed by atoms with Crippen LogP contribution in [-0.2, 0) is 0 Å². The first-order chi connectivity index (χ1) is 18.0. The summed E-state index contributed by atoms with van der Waals surface area (Å²) in [7, 11) is 4.01. The predicted molar refractivity (Wildman–Crippen MR) is 145 cm³/mol. The van der Waals surface area contributed by atoms with Crippen molar-refractivity contribution < 1.29 is 4.39 Å². The number of anilines is 1. The maximum Gasteiger partial charge on any atom is 0.155 e. The van der Waals surface area contributed by atoms with E-state index in [2.05, 4.69) is 40.3 Å². The molecule has 0 amide bonds. The van der Waals surface area contributed by atoms with E-state index < -0.39 is 0 Å². The molecule has 0 atom stereocenters. The van der Waals surface area contributed by atoms with Crippen molar-refractivity contribution in [1.82, 2.24) is 35.0 Å². The normalized spacial score (nSPS) is 11.6. The molecule has 0 unspecified atom stereocenters. The van der Waals surface area contributed by atoms with E-state index in [9.17, 15) is 4.39 Å². The van der Waals surface area contributed by atoms with Crippen molar-refractivity contribution in [3.63, 3.8) is 0 Å². The number of aromatic amines is 2. The summed E-state index contributed by atoms with van der Waals surface area (Å²) in [5, 5.41) is 12.7. The van der Waals surface area contributed by atoms with Crippen LogP contribution in [0.4, 0.5) is 10.1 Å². The minimum absolute atomic E-state index is 0.302. The molecule has 6 aromatic rings. The SMILES string of the molecule is CN(C)CCNc1cc(F)cc(-c2cncc3[nH]c(-c4n[nH]c5ncc(-c6ccccn6)cc45)cc23)c1. The van der Waals surface area contributed by atoms with Crippen molar-refractivity contribution in [2.75, 3.05) is 32.5 Å². The van der Waals surface area contributed by atoms with Crippen LogP contribution in [-0.4, -0.2) is 62.2 Å². The Morgan fingerprint density at radius 3 is 2.70 bits per heavy atom. The Balaban J connectivity index is 1.41. The average molecular weight is 493 g/mol. The van der Waals surface area contributed by atoms with Gasteiger partial charge in [0.05, 0.1) is 23.1 Å². The minimum atomic E-state index is -0.302. The van der Waals surface area contributed by atoms with E-state index in [0.29, 0.717) is 12.2 Å². The van der Waals surface area contributed by atoms with Gasteiger partial charge in [0.2, 0.25) is 0 Å². The third-order valence-electron chi connectivity index (χ3n) is 6.27. The molecule has 5 heterocycles. The highest BCUT2D eigenvalue weighted by molar-refractivity contribution is 6.00. The quantitative estimate of drug-likeness (QED) is 0.278. The first-order valence-corrected chi connectivity index (χ1v) is 12.0. The maximum atomic E-state index is 14.6. The van der Waals surface area contributed by atoms with Gasteiger partial charge in [0, 0.05) is 59.3 Å². The van der Waals surface area contributed by atoms with Crippen LogP contribution >= 0.6 is 0 Å². The smallest absolute Gasteiger partial charge is 0.155 e. The molecule has 8 nitrogen and oxygen atoms in total. The topological polar surface area (TPSA) is 98.4 Å². The van der Waals surface area contributed by atoms with E-state index >= 15 is 0 Å². The van der Waals surface area contributed by atoms with Gasteiger partial charge < -0.3 is 15.2 Å². The van der Waals surface area contributed by atoms with E-state index in [-0.39, 0.29) is 5.82 Å². The van der Waals surface area contributed by atoms with Gasteiger partial charge in [-0.15, -0.1) is 0 Å². The first kappa shape index (κ1) is 22.8. The second-order valence-electron chi connectivity index (χ2n) is 9.20. The summed E-state index contributed by atoms with van der Waals surface area (Å²) in [5.41, 5.74) is 7.15. The van der Waals surface area contributed by atoms with Gasteiger partial charge in [-0.3, -0.25) is 15.1 Å². The van der Waals surface area contributed by atoms with Gasteiger partial charge in [0.25, 0.3) is 0 Å². The second kappa shape index (κ2) is 9.44. The third-order valence-corrected chi connectivity index (χ3v) is 6.27. The summed E-state index contributed by atoms with van der Waals surface area (Å²) in [6.07, 6.45) is 7.08. The fourth-order valence-electron chi connectivity index (χ4n) is 4.46. The Hall–Kier alpha value is -4.63. The molecular weight excluding hydrogens is 467 g/mol. The number of likely N-dealkylation sites (N-methyl/N-ethyl adjacent to an activating group) is 1. The Morgan fingerprint density at radius 2 is 1.86 bits per heavy atom. The number of fused-ring (bicyclic) bond motifs is 2. The molecule has 0 fully saturated rings. The Labute approximate surface area is 212 Å². The number of aromatic nitrogens is 6.